The van der Waals surface area contributed by atoms with Crippen LogP contribution in [0.2, 0.25) is 0 Å². The average molecular weight is 435 g/mol. The lowest BCUT2D eigenvalue weighted by molar-refractivity contribution is 0.0471. The van der Waals surface area contributed by atoms with Crippen molar-refractivity contribution in [3.63, 3.8) is 0 Å². The molecule has 0 bridgehead atoms. The van der Waals surface area contributed by atoms with Crippen LogP contribution in [0.5, 0.6) is 0 Å². The zero-order valence-electron chi connectivity index (χ0n) is 17.3. The van der Waals surface area contributed by atoms with Gasteiger partial charge in [0.05, 0.1) is 12.1 Å². The van der Waals surface area contributed by atoms with Gasteiger partial charge < -0.3 is 9.64 Å². The van der Waals surface area contributed by atoms with Crippen molar-refractivity contribution in [1.29, 1.82) is 0 Å². The van der Waals surface area contributed by atoms with Crippen molar-refractivity contribution in [3.8, 4) is 0 Å². The van der Waals surface area contributed by atoms with Crippen LogP contribution in [0.15, 0.2) is 66.0 Å². The van der Waals surface area contributed by atoms with Crippen molar-refractivity contribution in [2.45, 2.75) is 24.6 Å². The molecule has 0 fully saturated rings. The Morgan fingerprint density at radius 1 is 1.16 bits per heavy atom. The van der Waals surface area contributed by atoms with Crippen molar-refractivity contribution in [2.24, 2.45) is 0 Å². The molecule has 7 nitrogen and oxygen atoms in total. The molecule has 2 aromatic heterocycles. The first-order valence-corrected chi connectivity index (χ1v) is 11.0. The molecule has 1 aliphatic heterocycles. The Balaban J connectivity index is 1.49. The summed E-state index contributed by atoms with van der Waals surface area (Å²) >= 11 is 1.68. The third kappa shape index (κ3) is 4.69. The zero-order valence-corrected chi connectivity index (χ0v) is 18.1. The second kappa shape index (κ2) is 9.18. The summed E-state index contributed by atoms with van der Waals surface area (Å²) < 4.78 is 5.38. The van der Waals surface area contributed by atoms with Gasteiger partial charge in [-0.15, -0.1) is 11.8 Å². The summed E-state index contributed by atoms with van der Waals surface area (Å²) in [6.45, 7) is 0.993. The maximum absolute atomic E-state index is 12.8. The fraction of sp³-hybridized carbons (Fsp3) is 0.217. The molecule has 0 aliphatic carbocycles. The van der Waals surface area contributed by atoms with E-state index in [0.29, 0.717) is 24.5 Å². The van der Waals surface area contributed by atoms with Crippen molar-refractivity contribution in [3.05, 3.63) is 83.3 Å². The van der Waals surface area contributed by atoms with Crippen molar-refractivity contribution >= 4 is 29.6 Å². The molecule has 0 atom stereocenters. The van der Waals surface area contributed by atoms with E-state index in [1.165, 1.54) is 16.0 Å². The van der Waals surface area contributed by atoms with Gasteiger partial charge in [0.2, 0.25) is 0 Å². The van der Waals surface area contributed by atoms with Crippen LogP contribution in [0, 0.1) is 0 Å². The topological polar surface area (TPSA) is 75.6 Å². The van der Waals surface area contributed by atoms with E-state index in [4.69, 9.17) is 4.74 Å². The zero-order chi connectivity index (χ0) is 21.8. The van der Waals surface area contributed by atoms with Crippen LogP contribution in [0.4, 0.5) is 10.6 Å². The summed E-state index contributed by atoms with van der Waals surface area (Å²) in [5.41, 5.74) is 3.02. The molecule has 1 aromatic carbocycles. The maximum atomic E-state index is 12.8. The standard InChI is InChI=1S/C23H22N4O3S/c1-26-21-19(14-27(23(26)29)13-16-5-7-20(31-2)8-6-16)10-18(12-25-21)22(28)30-15-17-4-3-9-24-11-17/h3-12H,13-15H2,1-2H3. The van der Waals surface area contributed by atoms with Crippen molar-refractivity contribution in [2.75, 3.05) is 18.2 Å². The number of thioether (sulfide) groups is 1. The van der Waals surface area contributed by atoms with Crippen LogP contribution in [0.1, 0.15) is 27.0 Å². The fourth-order valence-electron chi connectivity index (χ4n) is 3.40. The van der Waals surface area contributed by atoms with Crippen LogP contribution < -0.4 is 4.90 Å². The molecule has 158 valence electrons. The smallest absolute Gasteiger partial charge is 0.340 e. The molecule has 2 amide bonds. The number of ether oxygens (including phenoxy) is 1. The van der Waals surface area contributed by atoms with Gasteiger partial charge in [0.1, 0.15) is 12.4 Å². The third-order valence-corrected chi connectivity index (χ3v) is 5.78. The summed E-state index contributed by atoms with van der Waals surface area (Å²) in [7, 11) is 1.69. The molecule has 8 heteroatoms. The van der Waals surface area contributed by atoms with Gasteiger partial charge in [-0.25, -0.2) is 14.6 Å². The van der Waals surface area contributed by atoms with Crippen LogP contribution in [0.25, 0.3) is 0 Å². The Hall–Kier alpha value is -3.39. The van der Waals surface area contributed by atoms with Crippen molar-refractivity contribution in [1.82, 2.24) is 14.9 Å². The predicted octanol–water partition coefficient (Wildman–Crippen LogP) is 4.13. The molecule has 0 unspecified atom stereocenters. The number of carbonyl (C=O) groups is 2. The Kier molecular flexibility index (Phi) is 6.18. The SMILES string of the molecule is CSc1ccc(CN2Cc3cc(C(=O)OCc4cccnc4)cnc3N(C)C2=O)cc1. The summed E-state index contributed by atoms with van der Waals surface area (Å²) in [5.74, 6) is 0.0979. The molecule has 0 spiro atoms. The second-order valence-electron chi connectivity index (χ2n) is 7.19. The van der Waals surface area contributed by atoms with Crippen molar-refractivity contribution < 1.29 is 14.3 Å². The molecule has 4 rings (SSSR count). The lowest BCUT2D eigenvalue weighted by atomic mass is 10.1. The van der Waals surface area contributed by atoms with Gasteiger partial charge in [-0.05, 0) is 36.1 Å². The number of carbonyl (C=O) groups excluding carboxylic acids is 2. The number of hydrogen-bond acceptors (Lipinski definition) is 6. The van der Waals surface area contributed by atoms with Crippen LogP contribution >= 0.6 is 11.8 Å². The minimum Gasteiger partial charge on any atom is -0.457 e. The lowest BCUT2D eigenvalue weighted by Crippen LogP contribution is -2.45. The number of pyridine rings is 2. The van der Waals surface area contributed by atoms with E-state index in [1.807, 2.05) is 36.6 Å². The van der Waals surface area contributed by atoms with Gasteiger partial charge in [-0.1, -0.05) is 18.2 Å². The molecule has 1 aliphatic rings. The Morgan fingerprint density at radius 2 is 1.97 bits per heavy atom. The fourth-order valence-corrected chi connectivity index (χ4v) is 3.81. The molecule has 0 radical (unpaired) electrons. The summed E-state index contributed by atoms with van der Waals surface area (Å²) in [4.78, 5) is 38.1. The Bertz CT molecular complexity index is 1090. The predicted molar refractivity (Wildman–Crippen MR) is 119 cm³/mol. The number of hydrogen-bond donors (Lipinski definition) is 0. The molecule has 0 saturated heterocycles. The Morgan fingerprint density at radius 3 is 2.68 bits per heavy atom. The number of benzene rings is 1. The van der Waals surface area contributed by atoms with Gasteiger partial charge in [0.25, 0.3) is 0 Å². The first-order valence-electron chi connectivity index (χ1n) is 9.75. The molecule has 3 aromatic rings. The number of anilines is 1. The summed E-state index contributed by atoms with van der Waals surface area (Å²) in [6, 6.07) is 13.4. The first-order chi connectivity index (χ1) is 15.0. The highest BCUT2D eigenvalue weighted by Gasteiger charge is 2.29. The summed E-state index contributed by atoms with van der Waals surface area (Å²) in [6.07, 6.45) is 6.80. The third-order valence-electron chi connectivity index (χ3n) is 5.04. The van der Waals surface area contributed by atoms with E-state index in [0.717, 1.165) is 16.7 Å². The quantitative estimate of drug-likeness (QED) is 0.429. The second-order valence-corrected chi connectivity index (χ2v) is 8.07. The van der Waals surface area contributed by atoms with E-state index in [1.54, 1.807) is 48.2 Å². The highest BCUT2D eigenvalue weighted by molar-refractivity contribution is 7.98. The van der Waals surface area contributed by atoms with Gasteiger partial charge in [-0.2, -0.15) is 0 Å². The van der Waals surface area contributed by atoms with Gasteiger partial charge in [0, 0.05) is 48.2 Å². The molecule has 0 N–H and O–H groups in total. The van der Waals surface area contributed by atoms with E-state index >= 15 is 0 Å². The van der Waals surface area contributed by atoms with Gasteiger partial charge >= 0.3 is 12.0 Å². The minimum atomic E-state index is -0.460. The molecule has 0 saturated carbocycles. The minimum absolute atomic E-state index is 0.124. The number of fused-ring (bicyclic) bond motifs is 1. The lowest BCUT2D eigenvalue weighted by Gasteiger charge is -2.34. The molecular weight excluding hydrogens is 412 g/mol. The average Bonchev–Trinajstić information content (AvgIpc) is 2.81. The van der Waals surface area contributed by atoms with Crippen LogP contribution in [-0.2, 0) is 24.4 Å². The number of rotatable bonds is 6. The van der Waals surface area contributed by atoms with Gasteiger partial charge in [0.15, 0.2) is 0 Å². The normalized spacial score (nSPS) is 13.2. The number of aromatic nitrogens is 2. The van der Waals surface area contributed by atoms with E-state index in [-0.39, 0.29) is 12.6 Å². The largest absolute Gasteiger partial charge is 0.457 e. The van der Waals surface area contributed by atoms with Gasteiger partial charge in [-0.3, -0.25) is 9.88 Å². The highest BCUT2D eigenvalue weighted by Crippen LogP contribution is 2.28. The summed E-state index contributed by atoms with van der Waals surface area (Å²) in [5, 5.41) is 0. The maximum Gasteiger partial charge on any atom is 0.340 e. The van der Waals surface area contributed by atoms with E-state index in [2.05, 4.69) is 9.97 Å². The number of esters is 1. The Labute approximate surface area is 185 Å². The first kappa shape index (κ1) is 20.9. The number of amides is 2. The molecule has 3 heterocycles. The monoisotopic (exact) mass is 434 g/mol. The number of urea groups is 1. The highest BCUT2D eigenvalue weighted by atomic mass is 32.2. The van der Waals surface area contributed by atoms with E-state index in [9.17, 15) is 9.59 Å². The van der Waals surface area contributed by atoms with Crippen LogP contribution in [-0.4, -0.2) is 40.2 Å². The molecular formula is C23H22N4O3S. The van der Waals surface area contributed by atoms with Crippen LogP contribution in [0.3, 0.4) is 0 Å². The van der Waals surface area contributed by atoms with E-state index < -0.39 is 5.97 Å². The molecule has 31 heavy (non-hydrogen) atoms. The number of nitrogens with zero attached hydrogens (tertiary/aromatic N) is 4.